The van der Waals surface area contributed by atoms with Crippen molar-refractivity contribution in [3.05, 3.63) is 29.8 Å². The summed E-state index contributed by atoms with van der Waals surface area (Å²) in [5.41, 5.74) is -1.55. The summed E-state index contributed by atoms with van der Waals surface area (Å²) in [6.07, 6.45) is 5.28. The van der Waals surface area contributed by atoms with E-state index in [1.54, 1.807) is 12.1 Å². The van der Waals surface area contributed by atoms with Gasteiger partial charge in [-0.1, -0.05) is 53.0 Å². The number of nitrogens with zero attached hydrogens (tertiary/aromatic N) is 1. The zero-order valence-electron chi connectivity index (χ0n) is 23.1. The van der Waals surface area contributed by atoms with Gasteiger partial charge in [-0.2, -0.15) is 0 Å². The molecule has 1 saturated carbocycles. The molecule has 2 saturated heterocycles. The molecule has 41 heavy (non-hydrogen) atoms. The first kappa shape index (κ1) is 31.0. The number of nitrogens with one attached hydrogen (secondary N) is 3. The van der Waals surface area contributed by atoms with Gasteiger partial charge in [-0.25, -0.2) is 4.79 Å². The average Bonchev–Trinajstić information content (AvgIpc) is 3.41. The Labute approximate surface area is 247 Å². The van der Waals surface area contributed by atoms with Crippen molar-refractivity contribution in [1.29, 1.82) is 0 Å². The molecule has 1 aromatic rings. The third-order valence-electron chi connectivity index (χ3n) is 8.45. The van der Waals surface area contributed by atoms with Crippen molar-refractivity contribution in [3.8, 4) is 5.75 Å². The van der Waals surface area contributed by atoms with Crippen molar-refractivity contribution in [1.82, 2.24) is 20.9 Å². The van der Waals surface area contributed by atoms with Crippen molar-refractivity contribution in [2.45, 2.75) is 75.9 Å². The number of rotatable bonds is 4. The molecular formula is C28H38N4O7S2. The molecule has 13 heteroatoms. The summed E-state index contributed by atoms with van der Waals surface area (Å²) < 4.78 is 0. The minimum Gasteiger partial charge on any atom is -0.508 e. The highest BCUT2D eigenvalue weighted by Crippen LogP contribution is 2.41. The molecule has 2 aliphatic heterocycles. The van der Waals surface area contributed by atoms with Crippen LogP contribution in [0, 0.1) is 5.41 Å². The Morgan fingerprint density at radius 1 is 0.976 bits per heavy atom. The number of aromatic hydroxyl groups is 1. The van der Waals surface area contributed by atoms with Gasteiger partial charge in [0.2, 0.25) is 17.7 Å². The number of benzene rings is 1. The molecule has 11 nitrogen and oxygen atoms in total. The first-order chi connectivity index (χ1) is 19.6. The van der Waals surface area contributed by atoms with Crippen LogP contribution in [0.4, 0.5) is 0 Å². The Morgan fingerprint density at radius 3 is 2.32 bits per heavy atom. The standard InChI is InChI=1S/C28H38N4O7S2/c1-18(33)32-15-5-12-28(32,19-6-8-20(34)9-7-19)26(39)30-21-16-40-41-17-22(24(36)37)31-25(38)27(10-3-2-4-11-27)13-14-29-23(21)35/h6-9,21-22,34H,2-5,10-17H2,1H3,(H,29,35)(H,30,39)(H,31,38)(H,36,37)/t21-,22-,28-/m0/s1. The van der Waals surface area contributed by atoms with Crippen LogP contribution in [0.5, 0.6) is 5.75 Å². The van der Waals surface area contributed by atoms with Crippen molar-refractivity contribution >= 4 is 51.2 Å². The quantitative estimate of drug-likeness (QED) is 0.323. The zero-order chi connectivity index (χ0) is 29.6. The maximum atomic E-state index is 14.0. The van der Waals surface area contributed by atoms with Crippen molar-refractivity contribution in [2.75, 3.05) is 24.6 Å². The van der Waals surface area contributed by atoms with E-state index in [1.807, 2.05) is 0 Å². The van der Waals surface area contributed by atoms with Gasteiger partial charge in [0.1, 0.15) is 23.4 Å². The highest BCUT2D eigenvalue weighted by Gasteiger charge is 2.51. The Balaban J connectivity index is 1.58. The largest absolute Gasteiger partial charge is 0.508 e. The second-order valence-electron chi connectivity index (χ2n) is 11.0. The number of hydrogen-bond donors (Lipinski definition) is 5. The summed E-state index contributed by atoms with van der Waals surface area (Å²) in [4.78, 5) is 66.9. The van der Waals surface area contributed by atoms with Gasteiger partial charge < -0.3 is 31.1 Å². The Hall–Kier alpha value is -2.93. The lowest BCUT2D eigenvalue weighted by Crippen LogP contribution is -2.59. The lowest BCUT2D eigenvalue weighted by molar-refractivity contribution is -0.145. The van der Waals surface area contributed by atoms with Crippen LogP contribution in [0.3, 0.4) is 0 Å². The van der Waals surface area contributed by atoms with Gasteiger partial charge in [0, 0.05) is 31.5 Å². The van der Waals surface area contributed by atoms with E-state index in [0.29, 0.717) is 44.2 Å². The molecule has 3 aliphatic rings. The van der Waals surface area contributed by atoms with Gasteiger partial charge >= 0.3 is 5.97 Å². The number of amides is 4. The summed E-state index contributed by atoms with van der Waals surface area (Å²) in [7, 11) is 2.45. The summed E-state index contributed by atoms with van der Waals surface area (Å²) in [6, 6.07) is 4.13. The highest BCUT2D eigenvalue weighted by molar-refractivity contribution is 8.76. The van der Waals surface area contributed by atoms with E-state index in [1.165, 1.54) is 45.5 Å². The number of carboxylic acid groups (broad SMARTS) is 1. The molecule has 4 rings (SSSR count). The molecule has 0 unspecified atom stereocenters. The first-order valence-electron chi connectivity index (χ1n) is 14.0. The van der Waals surface area contributed by atoms with E-state index in [-0.39, 0.29) is 35.6 Å². The molecule has 2 heterocycles. The van der Waals surface area contributed by atoms with E-state index >= 15 is 0 Å². The molecule has 0 radical (unpaired) electrons. The Bertz CT molecular complexity index is 1160. The molecule has 3 fully saturated rings. The molecule has 0 aromatic heterocycles. The van der Waals surface area contributed by atoms with Crippen molar-refractivity contribution in [2.24, 2.45) is 5.41 Å². The molecule has 1 aliphatic carbocycles. The predicted molar refractivity (Wildman–Crippen MR) is 156 cm³/mol. The van der Waals surface area contributed by atoms with Crippen molar-refractivity contribution in [3.63, 3.8) is 0 Å². The fourth-order valence-corrected chi connectivity index (χ4v) is 8.51. The highest BCUT2D eigenvalue weighted by atomic mass is 33.1. The van der Waals surface area contributed by atoms with Crippen LogP contribution >= 0.6 is 21.6 Å². The van der Waals surface area contributed by atoms with E-state index in [2.05, 4.69) is 16.0 Å². The fraction of sp³-hybridized carbons (Fsp3) is 0.607. The average molecular weight is 607 g/mol. The molecular weight excluding hydrogens is 568 g/mol. The van der Waals surface area contributed by atoms with Crippen LogP contribution in [-0.2, 0) is 29.5 Å². The Morgan fingerprint density at radius 2 is 1.66 bits per heavy atom. The molecule has 1 aromatic carbocycles. The van der Waals surface area contributed by atoms with Crippen LogP contribution in [0.15, 0.2) is 24.3 Å². The van der Waals surface area contributed by atoms with Crippen molar-refractivity contribution < 1.29 is 34.2 Å². The van der Waals surface area contributed by atoms with Gasteiger partial charge in [-0.15, -0.1) is 0 Å². The number of likely N-dealkylation sites (tertiary alicyclic amines) is 1. The van der Waals surface area contributed by atoms with Gasteiger partial charge in [-0.05, 0) is 49.8 Å². The zero-order valence-corrected chi connectivity index (χ0v) is 24.8. The van der Waals surface area contributed by atoms with Gasteiger partial charge in [-0.3, -0.25) is 19.2 Å². The monoisotopic (exact) mass is 606 g/mol. The van der Waals surface area contributed by atoms with Gasteiger partial charge in [0.05, 0.1) is 5.41 Å². The molecule has 224 valence electrons. The summed E-state index contributed by atoms with van der Waals surface area (Å²) in [5.74, 6) is -2.29. The summed E-state index contributed by atoms with van der Waals surface area (Å²) in [5, 5.41) is 28.1. The number of carbonyl (C=O) groups is 5. The van der Waals surface area contributed by atoms with E-state index in [0.717, 1.165) is 19.3 Å². The number of hydrogen-bond acceptors (Lipinski definition) is 8. The lowest BCUT2D eigenvalue weighted by atomic mass is 9.71. The second-order valence-corrected chi connectivity index (χ2v) is 13.6. The number of carbonyl (C=O) groups excluding carboxylic acids is 4. The normalized spacial score (nSPS) is 27.5. The third kappa shape index (κ3) is 6.77. The van der Waals surface area contributed by atoms with Crippen LogP contribution in [0.25, 0.3) is 0 Å². The lowest BCUT2D eigenvalue weighted by Gasteiger charge is -2.38. The van der Waals surface area contributed by atoms with E-state index < -0.39 is 40.8 Å². The van der Waals surface area contributed by atoms with Gasteiger partial charge in [0.15, 0.2) is 0 Å². The van der Waals surface area contributed by atoms with Crippen LogP contribution in [0.1, 0.15) is 63.9 Å². The van der Waals surface area contributed by atoms with E-state index in [9.17, 15) is 34.2 Å². The molecule has 1 spiro atoms. The van der Waals surface area contributed by atoms with Crippen LogP contribution in [0.2, 0.25) is 0 Å². The summed E-state index contributed by atoms with van der Waals surface area (Å²) >= 11 is 0. The maximum absolute atomic E-state index is 14.0. The fourth-order valence-electron chi connectivity index (χ4n) is 6.20. The van der Waals surface area contributed by atoms with Crippen LogP contribution < -0.4 is 16.0 Å². The molecule has 5 N–H and O–H groups in total. The topological polar surface area (TPSA) is 165 Å². The Kier molecular flexibility index (Phi) is 10.1. The number of carboxylic acids is 1. The third-order valence-corrected chi connectivity index (χ3v) is 10.9. The predicted octanol–water partition coefficient (Wildman–Crippen LogP) is 2.14. The number of aliphatic carboxylic acids is 1. The SMILES string of the molecule is CC(=O)N1CCC[C@@]1(C(=O)N[C@H]1CSSC[C@@H](C(=O)O)NC(=O)C2(CCCCC2)CCNC1=O)c1ccc(O)cc1. The number of phenolic OH excluding ortho intramolecular Hbond substituents is 1. The molecule has 4 amide bonds. The van der Waals surface area contributed by atoms with E-state index in [4.69, 9.17) is 0 Å². The minimum atomic E-state index is -1.34. The molecule has 3 atom stereocenters. The minimum absolute atomic E-state index is 0.0306. The summed E-state index contributed by atoms with van der Waals surface area (Å²) in [6.45, 7) is 1.99. The first-order valence-corrected chi connectivity index (χ1v) is 16.5. The maximum Gasteiger partial charge on any atom is 0.327 e. The van der Waals surface area contributed by atoms with Crippen LogP contribution in [-0.4, -0.2) is 81.4 Å². The number of phenols is 1. The smallest absolute Gasteiger partial charge is 0.327 e. The molecule has 0 bridgehead atoms. The van der Waals surface area contributed by atoms with Gasteiger partial charge in [0.25, 0.3) is 5.91 Å². The second kappa shape index (κ2) is 13.4.